The number of rotatable bonds is 5. The van der Waals surface area contributed by atoms with Crippen molar-refractivity contribution in [2.75, 3.05) is 19.0 Å². The second kappa shape index (κ2) is 7.98. The lowest BCUT2D eigenvalue weighted by molar-refractivity contribution is -0.137. The van der Waals surface area contributed by atoms with E-state index in [9.17, 15) is 18.0 Å². The molecule has 0 fully saturated rings. The Morgan fingerprint density at radius 3 is 2.59 bits per heavy atom. The molecule has 0 amide bonds. The van der Waals surface area contributed by atoms with Crippen LogP contribution in [0.3, 0.4) is 0 Å². The number of aromatic nitrogens is 1. The number of ether oxygens (including phenoxy) is 2. The molecule has 2 aromatic carbocycles. The quantitative estimate of drug-likeness (QED) is 0.570. The summed E-state index contributed by atoms with van der Waals surface area (Å²) < 4.78 is 49.7. The third-order valence-electron chi connectivity index (χ3n) is 4.31. The first-order chi connectivity index (χ1) is 13.7. The molecule has 0 saturated heterocycles. The average Bonchev–Trinajstić information content (AvgIpc) is 2.67. The molecule has 0 saturated carbocycles. The molecule has 0 bridgehead atoms. The lowest BCUT2D eigenvalue weighted by Crippen LogP contribution is -2.10. The van der Waals surface area contributed by atoms with Gasteiger partial charge in [0.15, 0.2) is 0 Å². The van der Waals surface area contributed by atoms with E-state index in [-0.39, 0.29) is 17.7 Å². The van der Waals surface area contributed by atoms with Crippen LogP contribution < -0.4 is 10.1 Å². The van der Waals surface area contributed by atoms with Gasteiger partial charge < -0.3 is 14.8 Å². The Labute approximate surface area is 165 Å². The smallest absolute Gasteiger partial charge is 0.416 e. The minimum absolute atomic E-state index is 0.0991. The monoisotopic (exact) mass is 404 g/mol. The lowest BCUT2D eigenvalue weighted by Gasteiger charge is -2.17. The van der Waals surface area contributed by atoms with Crippen LogP contribution in [0.25, 0.3) is 10.9 Å². The van der Waals surface area contributed by atoms with Crippen LogP contribution in [0.5, 0.6) is 5.75 Å². The van der Waals surface area contributed by atoms with E-state index in [0.717, 1.165) is 17.7 Å². The molecule has 1 N–H and O–H groups in total. The van der Waals surface area contributed by atoms with Crippen LogP contribution in [0.2, 0.25) is 0 Å². The predicted octanol–water partition coefficient (Wildman–Crippen LogP) is 5.49. The van der Waals surface area contributed by atoms with Crippen molar-refractivity contribution < 1.29 is 27.4 Å². The van der Waals surface area contributed by atoms with Gasteiger partial charge in [-0.3, -0.25) is 4.98 Å². The van der Waals surface area contributed by atoms with Gasteiger partial charge in [-0.15, -0.1) is 0 Å². The van der Waals surface area contributed by atoms with Crippen molar-refractivity contribution >= 4 is 28.2 Å². The zero-order chi connectivity index (χ0) is 21.2. The summed E-state index contributed by atoms with van der Waals surface area (Å²) >= 11 is 0. The zero-order valence-electron chi connectivity index (χ0n) is 16.1. The number of anilines is 2. The zero-order valence-corrected chi connectivity index (χ0v) is 16.1. The Hall–Kier alpha value is -3.29. The van der Waals surface area contributed by atoms with Gasteiger partial charge in [0.2, 0.25) is 0 Å². The topological polar surface area (TPSA) is 60.5 Å². The number of aryl methyl sites for hydroxylation is 1. The van der Waals surface area contributed by atoms with E-state index in [4.69, 9.17) is 9.47 Å². The van der Waals surface area contributed by atoms with Crippen LogP contribution in [0, 0.1) is 6.92 Å². The van der Waals surface area contributed by atoms with E-state index in [0.29, 0.717) is 22.5 Å². The van der Waals surface area contributed by atoms with Crippen LogP contribution >= 0.6 is 0 Å². The number of methoxy groups -OCH3 is 1. The molecular formula is C21H19F3N2O3. The minimum Gasteiger partial charge on any atom is -0.495 e. The van der Waals surface area contributed by atoms with Crippen molar-refractivity contribution in [1.82, 2.24) is 4.98 Å². The number of alkyl halides is 3. The number of carbonyl (C=O) groups excluding carboxylic acids is 1. The van der Waals surface area contributed by atoms with Crippen molar-refractivity contribution in [2.45, 2.75) is 20.0 Å². The molecule has 1 heterocycles. The lowest BCUT2D eigenvalue weighted by atomic mass is 10.1. The first kappa shape index (κ1) is 20.4. The van der Waals surface area contributed by atoms with Crippen molar-refractivity contribution in [1.29, 1.82) is 0 Å². The fourth-order valence-corrected chi connectivity index (χ4v) is 2.92. The second-order valence-corrected chi connectivity index (χ2v) is 6.33. The number of fused-ring (bicyclic) bond motifs is 1. The maximum atomic E-state index is 13.1. The molecule has 0 spiro atoms. The fourth-order valence-electron chi connectivity index (χ4n) is 2.92. The highest BCUT2D eigenvalue weighted by Crippen LogP contribution is 2.37. The highest BCUT2D eigenvalue weighted by Gasteiger charge is 2.31. The minimum atomic E-state index is -4.50. The third kappa shape index (κ3) is 4.26. The molecule has 3 rings (SSSR count). The number of hydrogen-bond donors (Lipinski definition) is 1. The molecule has 0 atom stereocenters. The van der Waals surface area contributed by atoms with Gasteiger partial charge in [0, 0.05) is 11.6 Å². The summed E-state index contributed by atoms with van der Waals surface area (Å²) in [5.41, 5.74) is 1.19. The van der Waals surface area contributed by atoms with E-state index in [2.05, 4.69) is 10.3 Å². The van der Waals surface area contributed by atoms with E-state index >= 15 is 0 Å². The van der Waals surface area contributed by atoms with Crippen LogP contribution in [-0.2, 0) is 10.9 Å². The number of hydrogen-bond acceptors (Lipinski definition) is 5. The molecule has 3 aromatic rings. The van der Waals surface area contributed by atoms with Gasteiger partial charge in [-0.1, -0.05) is 12.1 Å². The van der Waals surface area contributed by atoms with Crippen LogP contribution in [-0.4, -0.2) is 24.7 Å². The van der Waals surface area contributed by atoms with Crippen molar-refractivity contribution in [3.63, 3.8) is 0 Å². The van der Waals surface area contributed by atoms with Gasteiger partial charge in [0.1, 0.15) is 11.3 Å². The Morgan fingerprint density at radius 2 is 1.93 bits per heavy atom. The second-order valence-electron chi connectivity index (χ2n) is 6.33. The summed E-state index contributed by atoms with van der Waals surface area (Å²) in [6.07, 6.45) is -3.28. The Balaban J connectivity index is 2.21. The van der Waals surface area contributed by atoms with Gasteiger partial charge in [0.25, 0.3) is 0 Å². The molecule has 1 aromatic heterocycles. The number of nitrogens with zero attached hydrogens (tertiary/aromatic N) is 1. The van der Waals surface area contributed by atoms with Gasteiger partial charge in [0.05, 0.1) is 36.2 Å². The average molecular weight is 404 g/mol. The SMILES string of the molecule is CCOC(=O)c1cnc2cc(C(F)(F)F)ccc2c1Nc1cc(C)ccc1OC. The third-order valence-corrected chi connectivity index (χ3v) is 4.31. The summed E-state index contributed by atoms with van der Waals surface area (Å²) in [6, 6.07) is 8.62. The number of nitrogens with one attached hydrogen (secondary N) is 1. The van der Waals surface area contributed by atoms with Gasteiger partial charge in [-0.25, -0.2) is 4.79 Å². The van der Waals surface area contributed by atoms with Crippen LogP contribution in [0.4, 0.5) is 24.5 Å². The van der Waals surface area contributed by atoms with Gasteiger partial charge in [-0.05, 0) is 43.7 Å². The number of pyridine rings is 1. The first-order valence-electron chi connectivity index (χ1n) is 8.83. The molecule has 0 radical (unpaired) electrons. The van der Waals surface area contributed by atoms with E-state index in [1.165, 1.54) is 19.4 Å². The van der Waals surface area contributed by atoms with Crippen molar-refractivity contribution in [3.8, 4) is 5.75 Å². The predicted molar refractivity (Wildman–Crippen MR) is 104 cm³/mol. The van der Waals surface area contributed by atoms with E-state index < -0.39 is 17.7 Å². The molecular weight excluding hydrogens is 385 g/mol. The molecule has 8 heteroatoms. The van der Waals surface area contributed by atoms with Crippen LogP contribution in [0.15, 0.2) is 42.6 Å². The standard InChI is InChI=1S/C21H19F3N2O3/c1-4-29-20(27)15-11-25-16-10-13(21(22,23)24)6-7-14(16)19(15)26-17-9-12(2)5-8-18(17)28-3/h5-11H,4H2,1-3H3,(H,25,26). The molecule has 152 valence electrons. The summed E-state index contributed by atoms with van der Waals surface area (Å²) in [6.45, 7) is 3.70. The largest absolute Gasteiger partial charge is 0.495 e. The van der Waals surface area contributed by atoms with Crippen molar-refractivity contribution in [2.24, 2.45) is 0 Å². The maximum Gasteiger partial charge on any atom is 0.416 e. The Bertz CT molecular complexity index is 1060. The number of halogens is 3. The normalized spacial score (nSPS) is 11.4. The Kier molecular flexibility index (Phi) is 5.63. The molecule has 0 aliphatic rings. The summed E-state index contributed by atoms with van der Waals surface area (Å²) in [5.74, 6) is -0.113. The fraction of sp³-hybridized carbons (Fsp3) is 0.238. The summed E-state index contributed by atoms with van der Waals surface area (Å²) in [7, 11) is 1.50. The summed E-state index contributed by atoms with van der Waals surface area (Å²) in [5, 5.41) is 3.48. The maximum absolute atomic E-state index is 13.1. The number of esters is 1. The molecule has 0 aliphatic heterocycles. The first-order valence-corrected chi connectivity index (χ1v) is 8.83. The number of carbonyl (C=O) groups is 1. The highest BCUT2D eigenvalue weighted by atomic mass is 19.4. The van der Waals surface area contributed by atoms with Gasteiger partial charge in [-0.2, -0.15) is 13.2 Å². The highest BCUT2D eigenvalue weighted by molar-refractivity contribution is 6.06. The summed E-state index contributed by atoms with van der Waals surface area (Å²) in [4.78, 5) is 16.5. The molecule has 0 aliphatic carbocycles. The van der Waals surface area contributed by atoms with Gasteiger partial charge >= 0.3 is 12.1 Å². The number of benzene rings is 2. The van der Waals surface area contributed by atoms with Crippen LogP contribution in [0.1, 0.15) is 28.4 Å². The molecule has 5 nitrogen and oxygen atoms in total. The van der Waals surface area contributed by atoms with E-state index in [1.54, 1.807) is 13.0 Å². The van der Waals surface area contributed by atoms with Crippen molar-refractivity contribution in [3.05, 3.63) is 59.3 Å². The Morgan fingerprint density at radius 1 is 1.17 bits per heavy atom. The molecule has 29 heavy (non-hydrogen) atoms. The van der Waals surface area contributed by atoms with E-state index in [1.807, 2.05) is 19.1 Å². The molecule has 0 unspecified atom stereocenters.